The van der Waals surface area contributed by atoms with Gasteiger partial charge in [0.15, 0.2) is 0 Å². The molecule has 5 heteroatoms. The number of hydrogen-bond donors (Lipinski definition) is 0. The van der Waals surface area contributed by atoms with E-state index in [2.05, 4.69) is 156 Å². The number of pyridine rings is 1. The largest absolute Gasteiger partial charge is 0.471 e. The average Bonchev–Trinajstić information content (AvgIpc) is 3.88. The van der Waals surface area contributed by atoms with E-state index in [4.69, 9.17) is 14.7 Å². The maximum absolute atomic E-state index is 6.77. The van der Waals surface area contributed by atoms with Crippen molar-refractivity contribution in [3.05, 3.63) is 148 Å². The Morgan fingerprint density at radius 2 is 1.52 bits per heavy atom. The fourth-order valence-electron chi connectivity index (χ4n) is 9.08. The van der Waals surface area contributed by atoms with Crippen LogP contribution in [0.2, 0.25) is 0 Å². The molecular weight excluding hydrogens is 661 g/mol. The SMILES string of the molecule is Cc1ccc2c(c1)c1ccc(-n3c4ccc(C(C)C)cc4c4cccnc43)cc1n2-c1cc(C2=N[C@@H]3c4ccc(C(C)(C)C)cc4C[C@@H]3O2)c(C)cc1C. The van der Waals surface area contributed by atoms with E-state index in [9.17, 15) is 0 Å². The highest BCUT2D eigenvalue weighted by molar-refractivity contribution is 6.12. The van der Waals surface area contributed by atoms with E-state index in [1.165, 1.54) is 66.0 Å². The smallest absolute Gasteiger partial charge is 0.217 e. The molecule has 0 spiro atoms. The van der Waals surface area contributed by atoms with Gasteiger partial charge in [0, 0.05) is 51.1 Å². The van der Waals surface area contributed by atoms with Gasteiger partial charge in [-0.2, -0.15) is 0 Å². The van der Waals surface area contributed by atoms with Gasteiger partial charge >= 0.3 is 0 Å². The van der Waals surface area contributed by atoms with Crippen LogP contribution in [-0.2, 0) is 16.6 Å². The molecule has 268 valence electrons. The van der Waals surface area contributed by atoms with Gasteiger partial charge in [-0.3, -0.25) is 4.57 Å². The van der Waals surface area contributed by atoms with E-state index in [1.54, 1.807) is 0 Å². The minimum Gasteiger partial charge on any atom is -0.471 e. The zero-order valence-corrected chi connectivity index (χ0v) is 32.5. The minimum absolute atomic E-state index is 0.0309. The number of nitrogens with zero attached hydrogens (tertiary/aromatic N) is 4. The van der Waals surface area contributed by atoms with Crippen molar-refractivity contribution in [3.63, 3.8) is 0 Å². The predicted octanol–water partition coefficient (Wildman–Crippen LogP) is 12.1. The van der Waals surface area contributed by atoms with Gasteiger partial charge in [0.1, 0.15) is 17.8 Å². The van der Waals surface area contributed by atoms with Crippen molar-refractivity contribution in [3.8, 4) is 11.4 Å². The molecule has 1 aliphatic heterocycles. The van der Waals surface area contributed by atoms with Gasteiger partial charge in [-0.1, -0.05) is 82.6 Å². The first-order valence-corrected chi connectivity index (χ1v) is 19.4. The highest BCUT2D eigenvalue weighted by atomic mass is 16.5. The molecule has 3 aromatic heterocycles. The molecule has 0 saturated heterocycles. The third-order valence-corrected chi connectivity index (χ3v) is 12.0. The normalized spacial score (nSPS) is 16.9. The first-order chi connectivity index (χ1) is 25.9. The Labute approximate surface area is 316 Å². The highest BCUT2D eigenvalue weighted by Gasteiger charge is 2.40. The second-order valence-electron chi connectivity index (χ2n) is 17.1. The molecule has 0 saturated carbocycles. The lowest BCUT2D eigenvalue weighted by molar-refractivity contribution is 0.206. The Hall–Kier alpha value is -5.68. The summed E-state index contributed by atoms with van der Waals surface area (Å²) in [6, 6.07) is 36.4. The highest BCUT2D eigenvalue weighted by Crippen LogP contribution is 2.44. The third-order valence-electron chi connectivity index (χ3n) is 12.0. The summed E-state index contributed by atoms with van der Waals surface area (Å²) in [7, 11) is 0. The Kier molecular flexibility index (Phi) is 7.11. The Balaban J connectivity index is 1.15. The maximum atomic E-state index is 6.77. The molecule has 1 aliphatic carbocycles. The second kappa shape index (κ2) is 11.7. The number of aliphatic imine (C=N–C) groups is 1. The average molecular weight is 707 g/mol. The lowest BCUT2D eigenvalue weighted by Gasteiger charge is -2.20. The molecule has 2 atom stereocenters. The number of benzene rings is 5. The Morgan fingerprint density at radius 3 is 2.33 bits per heavy atom. The van der Waals surface area contributed by atoms with Gasteiger partial charge in [-0.05, 0) is 120 Å². The summed E-state index contributed by atoms with van der Waals surface area (Å²) in [6.07, 6.45) is 2.82. The zero-order chi connectivity index (χ0) is 37.2. The molecule has 2 aliphatic rings. The first-order valence-electron chi connectivity index (χ1n) is 19.4. The van der Waals surface area contributed by atoms with Crippen molar-refractivity contribution in [2.24, 2.45) is 4.99 Å². The molecule has 0 fully saturated rings. The van der Waals surface area contributed by atoms with Crippen molar-refractivity contribution in [1.29, 1.82) is 0 Å². The molecule has 5 nitrogen and oxygen atoms in total. The van der Waals surface area contributed by atoms with Gasteiger partial charge in [-0.15, -0.1) is 0 Å². The summed E-state index contributed by atoms with van der Waals surface area (Å²) in [4.78, 5) is 10.2. The van der Waals surface area contributed by atoms with Crippen LogP contribution >= 0.6 is 0 Å². The van der Waals surface area contributed by atoms with E-state index in [-0.39, 0.29) is 17.6 Å². The summed E-state index contributed by atoms with van der Waals surface area (Å²) >= 11 is 0. The lowest BCUT2D eigenvalue weighted by atomic mass is 9.85. The van der Waals surface area contributed by atoms with Crippen LogP contribution in [0.25, 0.3) is 55.1 Å². The van der Waals surface area contributed by atoms with Crippen LogP contribution in [0.4, 0.5) is 0 Å². The van der Waals surface area contributed by atoms with E-state index in [1.807, 2.05) is 12.3 Å². The number of hydrogen-bond acceptors (Lipinski definition) is 3. The summed E-state index contributed by atoms with van der Waals surface area (Å²) in [5.74, 6) is 1.20. The van der Waals surface area contributed by atoms with E-state index in [0.29, 0.717) is 5.92 Å². The molecule has 8 aromatic rings. The van der Waals surface area contributed by atoms with Crippen LogP contribution in [0.5, 0.6) is 0 Å². The number of fused-ring (bicyclic) bond motifs is 9. The second-order valence-corrected chi connectivity index (χ2v) is 17.1. The van der Waals surface area contributed by atoms with Gasteiger partial charge in [0.05, 0.1) is 16.6 Å². The van der Waals surface area contributed by atoms with Gasteiger partial charge < -0.3 is 9.30 Å². The monoisotopic (exact) mass is 706 g/mol. The number of ether oxygens (including phenoxy) is 1. The standard InChI is InChI=1S/C49H46N4O/c1-27(2)31-12-18-41-40(23-31)37-10-9-19-50-47(37)52(41)34-14-16-36-39-20-28(3)11-17-42(39)53(44(36)25-34)43-26-38(29(4)21-30(43)5)48-51-46-35-15-13-33(49(6,7)8)22-32(35)24-45(46)54-48/h9-23,25-27,45-46H,24H2,1-8H3/t45-,46+/m0/s1. The van der Waals surface area contributed by atoms with Crippen LogP contribution in [0, 0.1) is 20.8 Å². The summed E-state index contributed by atoms with van der Waals surface area (Å²) in [6.45, 7) is 17.9. The number of aryl methyl sites for hydroxylation is 3. The van der Waals surface area contributed by atoms with Crippen molar-refractivity contribution < 1.29 is 4.74 Å². The van der Waals surface area contributed by atoms with Crippen molar-refractivity contribution in [1.82, 2.24) is 14.1 Å². The molecule has 5 aromatic carbocycles. The molecule has 10 rings (SSSR count). The minimum atomic E-state index is 0.0309. The maximum Gasteiger partial charge on any atom is 0.217 e. The first kappa shape index (κ1) is 32.9. The van der Waals surface area contributed by atoms with Crippen LogP contribution in [-0.4, -0.2) is 26.1 Å². The molecule has 0 amide bonds. The van der Waals surface area contributed by atoms with Gasteiger partial charge in [0.25, 0.3) is 0 Å². The van der Waals surface area contributed by atoms with Crippen LogP contribution in [0.15, 0.2) is 108 Å². The summed E-state index contributed by atoms with van der Waals surface area (Å²) in [5.41, 5.74) is 16.9. The molecule has 4 heterocycles. The van der Waals surface area contributed by atoms with Crippen molar-refractivity contribution in [2.45, 2.75) is 85.3 Å². The number of aromatic nitrogens is 3. The van der Waals surface area contributed by atoms with Crippen LogP contribution < -0.4 is 0 Å². The van der Waals surface area contributed by atoms with Gasteiger partial charge in [-0.25, -0.2) is 9.98 Å². The Bertz CT molecular complexity index is 2890. The van der Waals surface area contributed by atoms with Crippen LogP contribution in [0.3, 0.4) is 0 Å². The third kappa shape index (κ3) is 4.90. The van der Waals surface area contributed by atoms with Crippen molar-refractivity contribution in [2.75, 3.05) is 0 Å². The van der Waals surface area contributed by atoms with Crippen molar-refractivity contribution >= 4 is 49.6 Å². The quantitative estimate of drug-likeness (QED) is 0.183. The molecule has 0 radical (unpaired) electrons. The topological polar surface area (TPSA) is 44.3 Å². The van der Waals surface area contributed by atoms with E-state index in [0.717, 1.165) is 45.9 Å². The predicted molar refractivity (Wildman–Crippen MR) is 224 cm³/mol. The molecule has 0 N–H and O–H groups in total. The molecular formula is C49H46N4O. The zero-order valence-electron chi connectivity index (χ0n) is 32.5. The molecule has 0 bridgehead atoms. The lowest BCUT2D eigenvalue weighted by Crippen LogP contribution is -2.15. The Morgan fingerprint density at radius 1 is 0.722 bits per heavy atom. The van der Waals surface area contributed by atoms with E-state index >= 15 is 0 Å². The summed E-state index contributed by atoms with van der Waals surface area (Å²) < 4.78 is 11.5. The van der Waals surface area contributed by atoms with E-state index < -0.39 is 0 Å². The fraction of sp³-hybridized carbons (Fsp3) is 0.265. The number of rotatable bonds is 4. The molecule has 54 heavy (non-hydrogen) atoms. The summed E-state index contributed by atoms with van der Waals surface area (Å²) in [5, 5.41) is 4.88. The molecule has 0 unspecified atom stereocenters. The van der Waals surface area contributed by atoms with Gasteiger partial charge in [0.2, 0.25) is 5.90 Å². The van der Waals surface area contributed by atoms with Crippen LogP contribution in [0.1, 0.15) is 91.1 Å². The fourth-order valence-corrected chi connectivity index (χ4v) is 9.08.